The lowest BCUT2D eigenvalue weighted by atomic mass is 9.98. The van der Waals surface area contributed by atoms with Gasteiger partial charge in [-0.1, -0.05) is 15.9 Å². The summed E-state index contributed by atoms with van der Waals surface area (Å²) in [5.74, 6) is 1.29. The molecule has 2 fully saturated rings. The van der Waals surface area contributed by atoms with Crippen molar-refractivity contribution < 1.29 is 4.79 Å². The summed E-state index contributed by atoms with van der Waals surface area (Å²) in [5.41, 5.74) is 8.01. The van der Waals surface area contributed by atoms with E-state index in [0.717, 1.165) is 35.1 Å². The van der Waals surface area contributed by atoms with Crippen molar-refractivity contribution in [1.29, 1.82) is 0 Å². The molecule has 3 nitrogen and oxygen atoms in total. The van der Waals surface area contributed by atoms with Gasteiger partial charge in [-0.3, -0.25) is 4.79 Å². The predicted octanol–water partition coefficient (Wildman–Crippen LogP) is 2.57. The number of aryl methyl sites for hydroxylation is 1. The second kappa shape index (κ2) is 4.91. The zero-order valence-corrected chi connectivity index (χ0v) is 12.7. The van der Waals surface area contributed by atoms with Gasteiger partial charge < -0.3 is 10.6 Å². The Kier molecular flexibility index (Phi) is 3.39. The van der Waals surface area contributed by atoms with Gasteiger partial charge in [0.1, 0.15) is 0 Å². The van der Waals surface area contributed by atoms with Gasteiger partial charge in [0.15, 0.2) is 0 Å². The Hall–Kier alpha value is -0.870. The van der Waals surface area contributed by atoms with E-state index in [2.05, 4.69) is 15.9 Å². The van der Waals surface area contributed by atoms with Crippen molar-refractivity contribution >= 4 is 21.8 Å². The Morgan fingerprint density at radius 3 is 2.84 bits per heavy atom. The predicted molar refractivity (Wildman–Crippen MR) is 79.0 cm³/mol. The molecule has 4 heteroatoms. The number of nitrogens with zero attached hydrogens (tertiary/aromatic N) is 1. The molecule has 0 radical (unpaired) electrons. The van der Waals surface area contributed by atoms with E-state index in [-0.39, 0.29) is 11.9 Å². The number of hydrogen-bond donors (Lipinski definition) is 1. The lowest BCUT2D eigenvalue weighted by Gasteiger charge is -2.19. The average molecular weight is 323 g/mol. The lowest BCUT2D eigenvalue weighted by Crippen LogP contribution is -2.33. The van der Waals surface area contributed by atoms with E-state index in [1.165, 1.54) is 6.42 Å². The second-order valence-corrected chi connectivity index (χ2v) is 6.69. The molecule has 1 aliphatic heterocycles. The summed E-state index contributed by atoms with van der Waals surface area (Å²) in [7, 11) is 0. The summed E-state index contributed by atoms with van der Waals surface area (Å²) < 4.78 is 1.05. The molecule has 1 aromatic rings. The number of carbonyl (C=O) groups excluding carboxylic acids is 1. The third-order valence-electron chi connectivity index (χ3n) is 4.60. The first-order valence-corrected chi connectivity index (χ1v) is 7.66. The maximum absolute atomic E-state index is 12.5. The highest BCUT2D eigenvalue weighted by Crippen LogP contribution is 2.37. The molecule has 19 heavy (non-hydrogen) atoms. The van der Waals surface area contributed by atoms with Crippen LogP contribution < -0.4 is 5.73 Å². The van der Waals surface area contributed by atoms with Crippen molar-refractivity contribution in [2.75, 3.05) is 13.1 Å². The molecule has 1 amide bonds. The number of amides is 1. The Morgan fingerprint density at radius 2 is 2.16 bits per heavy atom. The van der Waals surface area contributed by atoms with E-state index >= 15 is 0 Å². The zero-order valence-electron chi connectivity index (χ0n) is 11.1. The molecule has 2 N–H and O–H groups in total. The fourth-order valence-corrected chi connectivity index (χ4v) is 3.68. The fraction of sp³-hybridized carbons (Fsp3) is 0.533. The smallest absolute Gasteiger partial charge is 0.253 e. The van der Waals surface area contributed by atoms with Crippen molar-refractivity contribution in [1.82, 2.24) is 4.90 Å². The summed E-state index contributed by atoms with van der Waals surface area (Å²) >= 11 is 3.47. The Bertz CT molecular complexity index is 517. The summed E-state index contributed by atoms with van der Waals surface area (Å²) in [6.45, 7) is 3.72. The van der Waals surface area contributed by atoms with Crippen molar-refractivity contribution in [3.05, 3.63) is 33.8 Å². The van der Waals surface area contributed by atoms with E-state index in [1.807, 2.05) is 30.0 Å². The van der Waals surface area contributed by atoms with Gasteiger partial charge in [0.25, 0.3) is 5.91 Å². The zero-order chi connectivity index (χ0) is 13.6. The van der Waals surface area contributed by atoms with Crippen LogP contribution in [0, 0.1) is 18.8 Å². The summed E-state index contributed by atoms with van der Waals surface area (Å²) in [6, 6.07) is 6.09. The lowest BCUT2D eigenvalue weighted by molar-refractivity contribution is 0.0779. The standard InChI is InChI=1S/C15H19BrN2O/c1-9-6-10(2-4-13(9)16)15(19)18-7-11-3-5-14(17)12(11)8-18/h2,4,6,11-12,14H,3,5,7-8,17H2,1H3. The van der Waals surface area contributed by atoms with Crippen LogP contribution in [0.2, 0.25) is 0 Å². The van der Waals surface area contributed by atoms with Gasteiger partial charge in [-0.2, -0.15) is 0 Å². The minimum absolute atomic E-state index is 0.150. The number of carbonyl (C=O) groups is 1. The van der Waals surface area contributed by atoms with E-state index in [1.54, 1.807) is 0 Å². The van der Waals surface area contributed by atoms with Gasteiger partial charge in [-0.25, -0.2) is 0 Å². The molecule has 1 aliphatic carbocycles. The molecule has 3 unspecified atom stereocenters. The van der Waals surface area contributed by atoms with Crippen LogP contribution in [-0.2, 0) is 0 Å². The van der Waals surface area contributed by atoms with Gasteiger partial charge in [-0.15, -0.1) is 0 Å². The van der Waals surface area contributed by atoms with E-state index in [0.29, 0.717) is 11.8 Å². The van der Waals surface area contributed by atoms with Gasteiger partial charge in [0.2, 0.25) is 0 Å². The normalized spacial score (nSPS) is 29.6. The van der Waals surface area contributed by atoms with Gasteiger partial charge >= 0.3 is 0 Å². The summed E-state index contributed by atoms with van der Waals surface area (Å²) in [5, 5.41) is 0. The SMILES string of the molecule is Cc1cc(C(=O)N2CC3CCC(N)C3C2)ccc1Br. The molecular weight excluding hydrogens is 304 g/mol. The minimum Gasteiger partial charge on any atom is -0.338 e. The van der Waals surface area contributed by atoms with Gasteiger partial charge in [-0.05, 0) is 55.4 Å². The highest BCUT2D eigenvalue weighted by molar-refractivity contribution is 9.10. The van der Waals surface area contributed by atoms with Crippen LogP contribution in [0.4, 0.5) is 0 Å². The molecule has 2 aliphatic rings. The van der Waals surface area contributed by atoms with Crippen LogP contribution in [0.5, 0.6) is 0 Å². The van der Waals surface area contributed by atoms with Crippen molar-refractivity contribution in [3.8, 4) is 0 Å². The third kappa shape index (κ3) is 2.32. The molecule has 1 heterocycles. The number of hydrogen-bond acceptors (Lipinski definition) is 2. The summed E-state index contributed by atoms with van der Waals surface area (Å²) in [4.78, 5) is 14.5. The minimum atomic E-state index is 0.150. The molecule has 1 saturated heterocycles. The molecule has 0 bridgehead atoms. The molecule has 3 atom stereocenters. The molecule has 102 valence electrons. The monoisotopic (exact) mass is 322 g/mol. The van der Waals surface area contributed by atoms with Crippen LogP contribution in [0.25, 0.3) is 0 Å². The Labute approximate surface area is 122 Å². The largest absolute Gasteiger partial charge is 0.338 e. The average Bonchev–Trinajstić information content (AvgIpc) is 2.95. The maximum atomic E-state index is 12.5. The van der Waals surface area contributed by atoms with E-state index < -0.39 is 0 Å². The maximum Gasteiger partial charge on any atom is 0.253 e. The first kappa shape index (κ1) is 13.1. The van der Waals surface area contributed by atoms with Crippen molar-refractivity contribution in [3.63, 3.8) is 0 Å². The number of halogens is 1. The Balaban J connectivity index is 1.76. The molecule has 0 aromatic heterocycles. The van der Waals surface area contributed by atoms with Crippen LogP contribution >= 0.6 is 15.9 Å². The van der Waals surface area contributed by atoms with Gasteiger partial charge in [0, 0.05) is 29.2 Å². The van der Waals surface area contributed by atoms with E-state index in [4.69, 9.17) is 5.73 Å². The molecular formula is C15H19BrN2O. The number of rotatable bonds is 1. The number of fused-ring (bicyclic) bond motifs is 1. The topological polar surface area (TPSA) is 46.3 Å². The highest BCUT2D eigenvalue weighted by atomic mass is 79.9. The first-order chi connectivity index (χ1) is 9.06. The second-order valence-electron chi connectivity index (χ2n) is 5.84. The van der Waals surface area contributed by atoms with E-state index in [9.17, 15) is 4.79 Å². The van der Waals surface area contributed by atoms with Gasteiger partial charge in [0.05, 0.1) is 0 Å². The first-order valence-electron chi connectivity index (χ1n) is 6.87. The van der Waals surface area contributed by atoms with Crippen LogP contribution in [0.3, 0.4) is 0 Å². The fourth-order valence-electron chi connectivity index (χ4n) is 3.43. The molecule has 1 saturated carbocycles. The summed E-state index contributed by atoms with van der Waals surface area (Å²) in [6.07, 6.45) is 2.30. The Morgan fingerprint density at radius 1 is 1.37 bits per heavy atom. The van der Waals surface area contributed by atoms with Crippen molar-refractivity contribution in [2.24, 2.45) is 17.6 Å². The number of likely N-dealkylation sites (tertiary alicyclic amines) is 1. The third-order valence-corrected chi connectivity index (χ3v) is 5.49. The van der Waals surface area contributed by atoms with Crippen LogP contribution in [-0.4, -0.2) is 29.9 Å². The quantitative estimate of drug-likeness (QED) is 0.863. The van der Waals surface area contributed by atoms with Crippen LogP contribution in [0.1, 0.15) is 28.8 Å². The van der Waals surface area contributed by atoms with Crippen LogP contribution in [0.15, 0.2) is 22.7 Å². The number of benzene rings is 1. The molecule has 1 aromatic carbocycles. The molecule has 3 rings (SSSR count). The van der Waals surface area contributed by atoms with Crippen molar-refractivity contribution in [2.45, 2.75) is 25.8 Å². The number of nitrogens with two attached hydrogens (primary N) is 1. The highest BCUT2D eigenvalue weighted by Gasteiger charge is 2.42. The molecule has 0 spiro atoms.